The third-order valence-electron chi connectivity index (χ3n) is 3.15. The van der Waals surface area contributed by atoms with Gasteiger partial charge in [0.2, 0.25) is 0 Å². The molecule has 0 heterocycles. The number of hydrogen-bond donors (Lipinski definition) is 1. The second-order valence-electron chi connectivity index (χ2n) is 5.24. The summed E-state index contributed by atoms with van der Waals surface area (Å²) in [5, 5.41) is 2.35. The fourth-order valence-electron chi connectivity index (χ4n) is 1.91. The first kappa shape index (κ1) is 18.9. The van der Waals surface area contributed by atoms with Gasteiger partial charge < -0.3 is 10.1 Å². The fraction of sp³-hybridized carbons (Fsp3) is 0.222. The largest absolute Gasteiger partial charge is 0.456 e. The predicted molar refractivity (Wildman–Crippen MR) is 92.5 cm³/mol. The minimum atomic E-state index is -0.609. The van der Waals surface area contributed by atoms with Crippen LogP contribution in [0.1, 0.15) is 12.0 Å². The van der Waals surface area contributed by atoms with Crippen molar-refractivity contribution in [3.63, 3.8) is 0 Å². The first-order valence-electron chi connectivity index (χ1n) is 7.54. The van der Waals surface area contributed by atoms with Crippen molar-refractivity contribution in [2.45, 2.75) is 18.2 Å². The van der Waals surface area contributed by atoms with E-state index in [0.717, 1.165) is 10.5 Å². The SMILES string of the molecule is Cc1ccc(NC(=O)COC(=O)CCSc2ccc(F)cc2)c(F)c1. The first-order chi connectivity index (χ1) is 11.9. The molecule has 0 aromatic heterocycles. The Balaban J connectivity index is 1.68. The Morgan fingerprint density at radius 1 is 1.12 bits per heavy atom. The van der Waals surface area contributed by atoms with Crippen molar-refractivity contribution in [3.05, 3.63) is 59.7 Å². The lowest BCUT2D eigenvalue weighted by atomic mass is 10.2. The molecule has 0 saturated carbocycles. The maximum atomic E-state index is 13.6. The zero-order valence-corrected chi connectivity index (χ0v) is 14.4. The molecule has 2 aromatic rings. The Hall–Kier alpha value is -2.41. The number of anilines is 1. The zero-order valence-electron chi connectivity index (χ0n) is 13.6. The van der Waals surface area contributed by atoms with Crippen LogP contribution < -0.4 is 5.32 Å². The van der Waals surface area contributed by atoms with Crippen LogP contribution in [0.3, 0.4) is 0 Å². The highest BCUT2D eigenvalue weighted by Crippen LogP contribution is 2.19. The number of ether oxygens (including phenoxy) is 1. The van der Waals surface area contributed by atoms with E-state index in [2.05, 4.69) is 5.32 Å². The van der Waals surface area contributed by atoms with Crippen LogP contribution in [0, 0.1) is 18.6 Å². The van der Waals surface area contributed by atoms with Gasteiger partial charge in [-0.25, -0.2) is 8.78 Å². The molecule has 1 amide bonds. The summed E-state index contributed by atoms with van der Waals surface area (Å²) >= 11 is 1.38. The number of rotatable bonds is 7. The second-order valence-corrected chi connectivity index (χ2v) is 6.41. The molecule has 0 fully saturated rings. The lowest BCUT2D eigenvalue weighted by Gasteiger charge is -2.08. The standard InChI is InChI=1S/C18H17F2NO3S/c1-12-2-7-16(15(20)10-12)21-17(22)11-24-18(23)8-9-25-14-5-3-13(19)4-6-14/h2-7,10H,8-9,11H2,1H3,(H,21,22). The van der Waals surface area contributed by atoms with E-state index in [1.807, 2.05) is 0 Å². The van der Waals surface area contributed by atoms with Crippen LogP contribution in [0.2, 0.25) is 0 Å². The number of benzene rings is 2. The molecule has 0 bridgehead atoms. The number of esters is 1. The maximum absolute atomic E-state index is 13.6. The normalized spacial score (nSPS) is 10.4. The van der Waals surface area contributed by atoms with Crippen LogP contribution in [0.15, 0.2) is 47.4 Å². The van der Waals surface area contributed by atoms with Crippen molar-refractivity contribution < 1.29 is 23.1 Å². The van der Waals surface area contributed by atoms with Crippen LogP contribution >= 0.6 is 11.8 Å². The molecular formula is C18H17F2NO3S. The highest BCUT2D eigenvalue weighted by atomic mass is 32.2. The highest BCUT2D eigenvalue weighted by Gasteiger charge is 2.10. The average molecular weight is 365 g/mol. The van der Waals surface area contributed by atoms with Crippen molar-refractivity contribution in [3.8, 4) is 0 Å². The lowest BCUT2D eigenvalue weighted by molar-refractivity contribution is -0.146. The van der Waals surface area contributed by atoms with Crippen molar-refractivity contribution in [1.29, 1.82) is 0 Å². The Bertz CT molecular complexity index is 750. The molecule has 0 unspecified atom stereocenters. The number of carbonyl (C=O) groups excluding carboxylic acids is 2. The third-order valence-corrected chi connectivity index (χ3v) is 4.17. The number of hydrogen-bond acceptors (Lipinski definition) is 4. The summed E-state index contributed by atoms with van der Waals surface area (Å²) in [4.78, 5) is 24.1. The number of thioether (sulfide) groups is 1. The second kappa shape index (κ2) is 9.17. The smallest absolute Gasteiger partial charge is 0.307 e. The van der Waals surface area contributed by atoms with Gasteiger partial charge in [0.25, 0.3) is 5.91 Å². The van der Waals surface area contributed by atoms with Crippen molar-refractivity contribution >= 4 is 29.3 Å². The minimum Gasteiger partial charge on any atom is -0.456 e. The summed E-state index contributed by atoms with van der Waals surface area (Å²) in [6.45, 7) is 1.26. The maximum Gasteiger partial charge on any atom is 0.307 e. The van der Waals surface area contributed by atoms with Gasteiger partial charge in [-0.05, 0) is 48.9 Å². The van der Waals surface area contributed by atoms with E-state index in [-0.39, 0.29) is 17.9 Å². The van der Waals surface area contributed by atoms with Gasteiger partial charge in [0.15, 0.2) is 6.61 Å². The molecule has 4 nitrogen and oxygen atoms in total. The van der Waals surface area contributed by atoms with Gasteiger partial charge in [-0.15, -0.1) is 11.8 Å². The van der Waals surface area contributed by atoms with E-state index in [9.17, 15) is 18.4 Å². The van der Waals surface area contributed by atoms with E-state index in [0.29, 0.717) is 5.75 Å². The van der Waals surface area contributed by atoms with E-state index in [1.54, 1.807) is 25.1 Å². The van der Waals surface area contributed by atoms with Crippen LogP contribution in [0.5, 0.6) is 0 Å². The van der Waals surface area contributed by atoms with Crippen molar-refractivity contribution in [2.24, 2.45) is 0 Å². The highest BCUT2D eigenvalue weighted by molar-refractivity contribution is 7.99. The summed E-state index contributed by atoms with van der Waals surface area (Å²) in [7, 11) is 0. The number of nitrogens with one attached hydrogen (secondary N) is 1. The van der Waals surface area contributed by atoms with Crippen LogP contribution in [0.4, 0.5) is 14.5 Å². The predicted octanol–water partition coefficient (Wildman–Crippen LogP) is 3.94. The Morgan fingerprint density at radius 3 is 2.52 bits per heavy atom. The molecule has 2 rings (SSSR count). The molecule has 0 aliphatic heterocycles. The molecule has 2 aromatic carbocycles. The topological polar surface area (TPSA) is 55.4 Å². The average Bonchev–Trinajstić information content (AvgIpc) is 2.57. The van der Waals surface area contributed by atoms with Crippen LogP contribution in [-0.4, -0.2) is 24.2 Å². The molecule has 0 spiro atoms. The summed E-state index contributed by atoms with van der Waals surface area (Å²) in [6.07, 6.45) is 0.105. The van der Waals surface area contributed by atoms with E-state index in [1.165, 1.54) is 36.0 Å². The molecule has 0 saturated heterocycles. The third kappa shape index (κ3) is 6.54. The van der Waals surface area contributed by atoms with Gasteiger partial charge in [0.1, 0.15) is 11.6 Å². The van der Waals surface area contributed by atoms with Crippen molar-refractivity contribution in [1.82, 2.24) is 0 Å². The first-order valence-corrected chi connectivity index (χ1v) is 8.52. The van der Waals surface area contributed by atoms with Crippen LogP contribution in [0.25, 0.3) is 0 Å². The van der Waals surface area contributed by atoms with Gasteiger partial charge in [-0.2, -0.15) is 0 Å². The number of amides is 1. The van der Waals surface area contributed by atoms with Gasteiger partial charge in [0, 0.05) is 10.6 Å². The molecule has 132 valence electrons. The summed E-state index contributed by atoms with van der Waals surface area (Å²) in [5.74, 6) is -1.56. The van der Waals surface area contributed by atoms with E-state index < -0.39 is 24.3 Å². The van der Waals surface area contributed by atoms with Gasteiger partial charge in [-0.3, -0.25) is 9.59 Å². The minimum absolute atomic E-state index is 0.0403. The quantitative estimate of drug-likeness (QED) is 0.597. The molecule has 25 heavy (non-hydrogen) atoms. The molecule has 0 atom stereocenters. The number of aryl methyl sites for hydroxylation is 1. The molecule has 0 aliphatic carbocycles. The lowest BCUT2D eigenvalue weighted by Crippen LogP contribution is -2.21. The summed E-state index contributed by atoms with van der Waals surface area (Å²) < 4.78 is 31.2. The van der Waals surface area contributed by atoms with Crippen molar-refractivity contribution in [2.75, 3.05) is 17.7 Å². The molecule has 0 aliphatic rings. The van der Waals surface area contributed by atoms with Gasteiger partial charge >= 0.3 is 5.97 Å². The molecule has 0 radical (unpaired) electrons. The molecule has 1 N–H and O–H groups in total. The van der Waals surface area contributed by atoms with E-state index in [4.69, 9.17) is 4.74 Å². The molecule has 7 heteroatoms. The number of carbonyl (C=O) groups is 2. The van der Waals surface area contributed by atoms with E-state index >= 15 is 0 Å². The zero-order chi connectivity index (χ0) is 18.2. The number of halogens is 2. The Morgan fingerprint density at radius 2 is 1.84 bits per heavy atom. The molecular weight excluding hydrogens is 348 g/mol. The fourth-order valence-corrected chi connectivity index (χ4v) is 2.74. The van der Waals surface area contributed by atoms with Gasteiger partial charge in [0.05, 0.1) is 12.1 Å². The van der Waals surface area contributed by atoms with Gasteiger partial charge in [-0.1, -0.05) is 6.07 Å². The Kier molecular flexibility index (Phi) is 6.94. The summed E-state index contributed by atoms with van der Waals surface area (Å²) in [6, 6.07) is 10.3. The monoisotopic (exact) mass is 365 g/mol. The summed E-state index contributed by atoms with van der Waals surface area (Å²) in [5.41, 5.74) is 0.777. The Labute approximate surface area is 148 Å². The van der Waals surface area contributed by atoms with Crippen LogP contribution in [-0.2, 0) is 14.3 Å².